The van der Waals surface area contributed by atoms with E-state index in [-0.39, 0.29) is 17.5 Å². The van der Waals surface area contributed by atoms with Crippen LogP contribution >= 0.6 is 0 Å². The van der Waals surface area contributed by atoms with Crippen LogP contribution in [-0.4, -0.2) is 22.0 Å². The summed E-state index contributed by atoms with van der Waals surface area (Å²) in [6.45, 7) is 7.67. The maximum atomic E-state index is 11.7. The average molecular weight is 246 g/mol. The Morgan fingerprint density at radius 3 is 2.39 bits per heavy atom. The smallest absolute Gasteiger partial charge is 0.320 e. The van der Waals surface area contributed by atoms with Crippen LogP contribution in [-0.2, 0) is 0 Å². The van der Waals surface area contributed by atoms with Gasteiger partial charge in [-0.25, -0.2) is 14.8 Å². The fourth-order valence-corrected chi connectivity index (χ4v) is 1.26. The highest BCUT2D eigenvalue weighted by Gasteiger charge is 2.24. The van der Waals surface area contributed by atoms with Crippen LogP contribution in [0.3, 0.4) is 0 Å². The van der Waals surface area contributed by atoms with E-state index in [4.69, 9.17) is 6.42 Å². The molecule has 96 valence electrons. The van der Waals surface area contributed by atoms with Gasteiger partial charge in [0.1, 0.15) is 5.82 Å². The van der Waals surface area contributed by atoms with Crippen molar-refractivity contribution in [3.63, 3.8) is 0 Å². The number of amides is 2. The van der Waals surface area contributed by atoms with E-state index in [2.05, 4.69) is 26.5 Å². The van der Waals surface area contributed by atoms with Crippen molar-refractivity contribution in [1.82, 2.24) is 15.3 Å². The van der Waals surface area contributed by atoms with Gasteiger partial charge < -0.3 is 10.6 Å². The molecule has 1 heterocycles. The number of rotatable bonds is 2. The van der Waals surface area contributed by atoms with Gasteiger partial charge in [-0.3, -0.25) is 0 Å². The second-order valence-electron chi connectivity index (χ2n) is 5.08. The fourth-order valence-electron chi connectivity index (χ4n) is 1.26. The van der Waals surface area contributed by atoms with Crippen LogP contribution in [0.15, 0.2) is 12.4 Å². The first-order valence-corrected chi connectivity index (χ1v) is 5.65. The van der Waals surface area contributed by atoms with E-state index >= 15 is 0 Å². The number of carbonyl (C=O) groups is 1. The van der Waals surface area contributed by atoms with Gasteiger partial charge in [0.25, 0.3) is 0 Å². The van der Waals surface area contributed by atoms with E-state index in [1.165, 1.54) is 0 Å². The van der Waals surface area contributed by atoms with Crippen molar-refractivity contribution in [3.05, 3.63) is 18.2 Å². The number of terminal acetylenes is 1. The van der Waals surface area contributed by atoms with Crippen LogP contribution in [0.2, 0.25) is 0 Å². The maximum Gasteiger partial charge on any atom is 0.320 e. The summed E-state index contributed by atoms with van der Waals surface area (Å²) in [7, 11) is 0. The van der Waals surface area contributed by atoms with Gasteiger partial charge in [0.2, 0.25) is 0 Å². The molecule has 0 aliphatic carbocycles. The van der Waals surface area contributed by atoms with E-state index in [1.807, 2.05) is 20.8 Å². The highest BCUT2D eigenvalue weighted by Crippen LogP contribution is 2.18. The van der Waals surface area contributed by atoms with E-state index in [1.54, 1.807) is 19.3 Å². The summed E-state index contributed by atoms with van der Waals surface area (Å²) in [5.74, 6) is 3.21. The normalized spacial score (nSPS) is 12.4. The Kier molecular flexibility index (Phi) is 4.27. The van der Waals surface area contributed by atoms with Crippen LogP contribution in [0, 0.1) is 24.7 Å². The van der Waals surface area contributed by atoms with Crippen molar-refractivity contribution in [2.45, 2.75) is 33.7 Å². The molecule has 18 heavy (non-hydrogen) atoms. The van der Waals surface area contributed by atoms with Gasteiger partial charge in [-0.15, -0.1) is 6.42 Å². The summed E-state index contributed by atoms with van der Waals surface area (Å²) in [4.78, 5) is 19.7. The molecule has 5 heteroatoms. The van der Waals surface area contributed by atoms with Gasteiger partial charge in [-0.1, -0.05) is 26.7 Å². The topological polar surface area (TPSA) is 66.9 Å². The first kappa shape index (κ1) is 14.0. The van der Waals surface area contributed by atoms with Crippen molar-refractivity contribution in [2.75, 3.05) is 5.32 Å². The van der Waals surface area contributed by atoms with Gasteiger partial charge in [0.05, 0.1) is 24.1 Å². The first-order valence-electron chi connectivity index (χ1n) is 5.65. The number of hydrogen-bond donors (Lipinski definition) is 2. The lowest BCUT2D eigenvalue weighted by molar-refractivity contribution is 0.240. The molecule has 2 amide bonds. The van der Waals surface area contributed by atoms with Gasteiger partial charge in [0.15, 0.2) is 0 Å². The summed E-state index contributed by atoms with van der Waals surface area (Å²) in [6, 6.07) is -0.704. The van der Waals surface area contributed by atoms with Gasteiger partial charge in [0, 0.05) is 0 Å². The maximum absolute atomic E-state index is 11.7. The van der Waals surface area contributed by atoms with E-state index < -0.39 is 0 Å². The van der Waals surface area contributed by atoms with Crippen LogP contribution < -0.4 is 10.6 Å². The third-order valence-corrected chi connectivity index (χ3v) is 2.35. The Morgan fingerprint density at radius 1 is 1.39 bits per heavy atom. The summed E-state index contributed by atoms with van der Waals surface area (Å²) >= 11 is 0. The Bertz CT molecular complexity index is 453. The predicted octanol–water partition coefficient (Wildman–Crippen LogP) is 1.95. The lowest BCUT2D eigenvalue weighted by Crippen LogP contribution is -2.44. The zero-order chi connectivity index (χ0) is 13.8. The number of anilines is 1. The van der Waals surface area contributed by atoms with Gasteiger partial charge in [-0.05, 0) is 12.3 Å². The minimum absolute atomic E-state index is 0.199. The molecule has 1 aromatic heterocycles. The monoisotopic (exact) mass is 246 g/mol. The molecule has 0 bridgehead atoms. The number of carbonyl (C=O) groups excluding carboxylic acids is 1. The molecule has 0 aromatic carbocycles. The molecule has 0 aliphatic rings. The zero-order valence-electron chi connectivity index (χ0n) is 11.1. The first-order chi connectivity index (χ1) is 8.32. The molecule has 0 saturated heterocycles. The number of nitrogens with zero attached hydrogens (tertiary/aromatic N) is 2. The molecule has 2 N–H and O–H groups in total. The molecular formula is C13H18N4O. The van der Waals surface area contributed by atoms with Crippen molar-refractivity contribution in [3.8, 4) is 12.3 Å². The quantitative estimate of drug-likeness (QED) is 0.784. The summed E-state index contributed by atoms with van der Waals surface area (Å²) in [6.07, 6.45) is 8.49. The van der Waals surface area contributed by atoms with Crippen molar-refractivity contribution in [2.24, 2.45) is 5.41 Å². The van der Waals surface area contributed by atoms with E-state index in [0.29, 0.717) is 11.5 Å². The number of aromatic nitrogens is 2. The number of urea groups is 1. The Balaban J connectivity index is 2.62. The fraction of sp³-hybridized carbons (Fsp3) is 0.462. The minimum atomic E-state index is -0.361. The molecule has 1 atom stereocenters. The molecule has 1 rings (SSSR count). The van der Waals surface area contributed by atoms with Gasteiger partial charge >= 0.3 is 6.03 Å². The molecule has 1 unspecified atom stereocenters. The summed E-state index contributed by atoms with van der Waals surface area (Å²) in [5.41, 5.74) is 0.332. The van der Waals surface area contributed by atoms with Crippen molar-refractivity contribution < 1.29 is 4.79 Å². The second kappa shape index (κ2) is 5.50. The number of hydrogen-bond acceptors (Lipinski definition) is 3. The van der Waals surface area contributed by atoms with Crippen LogP contribution in [0.25, 0.3) is 0 Å². The molecular weight excluding hydrogens is 228 g/mol. The minimum Gasteiger partial charge on any atom is -0.324 e. The predicted molar refractivity (Wildman–Crippen MR) is 71.0 cm³/mol. The van der Waals surface area contributed by atoms with Gasteiger partial charge in [-0.2, -0.15) is 0 Å². The molecule has 0 aliphatic heterocycles. The lowest BCUT2D eigenvalue weighted by Gasteiger charge is -2.26. The molecule has 0 fully saturated rings. The molecule has 0 spiro atoms. The molecule has 5 nitrogen and oxygen atoms in total. The Labute approximate surface area is 107 Å². The molecule has 1 aromatic rings. The third kappa shape index (κ3) is 4.06. The van der Waals surface area contributed by atoms with Crippen LogP contribution in [0.1, 0.15) is 26.6 Å². The lowest BCUT2D eigenvalue weighted by atomic mass is 9.87. The van der Waals surface area contributed by atoms with Crippen molar-refractivity contribution >= 4 is 11.7 Å². The van der Waals surface area contributed by atoms with E-state index in [9.17, 15) is 4.79 Å². The molecule has 0 radical (unpaired) electrons. The third-order valence-electron chi connectivity index (χ3n) is 2.35. The zero-order valence-corrected chi connectivity index (χ0v) is 11.1. The standard InChI is InChI=1S/C13H18N4O/c1-6-11(13(3,4)5)17-12(18)16-10-7-14-9(2)15-8-10/h1,7-8,11H,2-5H3,(H2,16,17,18). The second-order valence-corrected chi connectivity index (χ2v) is 5.08. The summed E-state index contributed by atoms with van der Waals surface area (Å²) < 4.78 is 0. The van der Waals surface area contributed by atoms with Crippen LogP contribution in [0.4, 0.5) is 10.5 Å². The number of nitrogens with one attached hydrogen (secondary N) is 2. The highest BCUT2D eigenvalue weighted by molar-refractivity contribution is 5.89. The van der Waals surface area contributed by atoms with E-state index in [0.717, 1.165) is 0 Å². The Morgan fingerprint density at radius 2 is 1.94 bits per heavy atom. The van der Waals surface area contributed by atoms with Crippen LogP contribution in [0.5, 0.6) is 0 Å². The Hall–Kier alpha value is -2.09. The van der Waals surface area contributed by atoms with Crippen molar-refractivity contribution in [1.29, 1.82) is 0 Å². The average Bonchev–Trinajstić information content (AvgIpc) is 2.27. The largest absolute Gasteiger partial charge is 0.324 e. The number of aryl methyl sites for hydroxylation is 1. The summed E-state index contributed by atoms with van der Waals surface area (Å²) in [5, 5.41) is 5.36. The molecule has 0 saturated carbocycles. The SMILES string of the molecule is C#CC(NC(=O)Nc1cnc(C)nc1)C(C)(C)C. The highest BCUT2D eigenvalue weighted by atomic mass is 16.2.